The number of guanidine groups is 1. The molecule has 1 N–H and O–H groups in total. The molecule has 0 bridgehead atoms. The molecule has 3 fully saturated rings. The second kappa shape index (κ2) is 11.9. The van der Waals surface area contributed by atoms with Crippen LogP contribution in [-0.2, 0) is 20.8 Å². The summed E-state index contributed by atoms with van der Waals surface area (Å²) in [6, 6.07) is 8.52. The first-order valence-electron chi connectivity index (χ1n) is 11.0. The number of hydrogen-bond acceptors (Lipinski definition) is 5. The predicted octanol–water partition coefficient (Wildman–Crippen LogP) is 1.54. The molecule has 3 heterocycles. The number of benzene rings is 1. The van der Waals surface area contributed by atoms with Crippen molar-refractivity contribution in [2.24, 2.45) is 4.99 Å². The maximum atomic E-state index is 12.6. The largest absolute Gasteiger partial charge is 0.378 e. The van der Waals surface area contributed by atoms with E-state index in [1.54, 1.807) is 0 Å². The molecule has 1 unspecified atom stereocenters. The highest BCUT2D eigenvalue weighted by molar-refractivity contribution is 14.0. The van der Waals surface area contributed by atoms with Crippen LogP contribution >= 0.6 is 24.0 Å². The van der Waals surface area contributed by atoms with Gasteiger partial charge in [0.25, 0.3) is 5.91 Å². The Kier molecular flexibility index (Phi) is 9.21. The molecule has 0 aliphatic carbocycles. The number of nitrogens with zero attached hydrogens (tertiary/aromatic N) is 4. The smallest absolute Gasteiger partial charge is 0.251 e. The number of morpholine rings is 1. The lowest BCUT2D eigenvalue weighted by Crippen LogP contribution is -2.55. The molecular formula is C22H34IN5O3. The van der Waals surface area contributed by atoms with Gasteiger partial charge in [-0.3, -0.25) is 9.79 Å². The van der Waals surface area contributed by atoms with Crippen molar-refractivity contribution in [3.05, 3.63) is 29.8 Å². The SMILES string of the molecule is CN=C(NCc1ccccc1N1CCOCC1)N1CCN(C(=O)C2CCCO2)CC1.I. The molecule has 3 aliphatic heterocycles. The molecule has 4 rings (SSSR count). The van der Waals surface area contributed by atoms with Crippen molar-refractivity contribution >= 4 is 41.5 Å². The van der Waals surface area contributed by atoms with Crippen molar-refractivity contribution in [3.63, 3.8) is 0 Å². The lowest BCUT2D eigenvalue weighted by Gasteiger charge is -2.37. The molecule has 1 aromatic carbocycles. The fourth-order valence-corrected chi connectivity index (χ4v) is 4.39. The van der Waals surface area contributed by atoms with Gasteiger partial charge >= 0.3 is 0 Å². The van der Waals surface area contributed by atoms with E-state index in [4.69, 9.17) is 9.47 Å². The van der Waals surface area contributed by atoms with Gasteiger partial charge in [0.05, 0.1) is 13.2 Å². The first-order valence-corrected chi connectivity index (χ1v) is 11.0. The summed E-state index contributed by atoms with van der Waals surface area (Å²) in [6.07, 6.45) is 1.61. The number of halogens is 1. The second-order valence-electron chi connectivity index (χ2n) is 7.94. The fraction of sp³-hybridized carbons (Fsp3) is 0.636. The molecule has 8 nitrogen and oxygen atoms in total. The van der Waals surface area contributed by atoms with Gasteiger partial charge in [-0.05, 0) is 24.5 Å². The van der Waals surface area contributed by atoms with Crippen LogP contribution in [0.3, 0.4) is 0 Å². The monoisotopic (exact) mass is 543 g/mol. The molecule has 9 heteroatoms. The van der Waals surface area contributed by atoms with Crippen molar-refractivity contribution in [2.75, 3.05) is 71.0 Å². The highest BCUT2D eigenvalue weighted by atomic mass is 127. The normalized spacial score (nSPS) is 22.3. The van der Waals surface area contributed by atoms with E-state index in [1.807, 2.05) is 11.9 Å². The predicted molar refractivity (Wildman–Crippen MR) is 132 cm³/mol. The van der Waals surface area contributed by atoms with Crippen molar-refractivity contribution in [1.29, 1.82) is 0 Å². The van der Waals surface area contributed by atoms with E-state index in [0.717, 1.165) is 64.7 Å². The first-order chi connectivity index (χ1) is 14.8. The van der Waals surface area contributed by atoms with Gasteiger partial charge in [-0.2, -0.15) is 0 Å². The van der Waals surface area contributed by atoms with Gasteiger partial charge in [0.2, 0.25) is 0 Å². The van der Waals surface area contributed by atoms with Gasteiger partial charge in [-0.25, -0.2) is 0 Å². The number of piperazine rings is 1. The molecule has 1 aromatic rings. The fourth-order valence-electron chi connectivity index (χ4n) is 4.39. The Balaban J connectivity index is 0.00000272. The van der Waals surface area contributed by atoms with Crippen LogP contribution in [0.4, 0.5) is 5.69 Å². The molecule has 3 saturated heterocycles. The number of nitrogens with one attached hydrogen (secondary N) is 1. The third kappa shape index (κ3) is 6.01. The van der Waals surface area contributed by atoms with E-state index in [-0.39, 0.29) is 36.0 Å². The van der Waals surface area contributed by atoms with Crippen LogP contribution in [0, 0.1) is 0 Å². The standard InChI is InChI=1S/C22H33N5O3.HI/c1-23-22(27-10-8-26(9-11-27)21(28)20-7-4-14-30-20)24-17-18-5-2-3-6-19(18)25-12-15-29-16-13-25;/h2-3,5-6,20H,4,7-17H2,1H3,(H,23,24);1H. The molecule has 3 aliphatic rings. The Morgan fingerprint density at radius 3 is 2.45 bits per heavy atom. The van der Waals surface area contributed by atoms with E-state index in [2.05, 4.69) is 44.4 Å². The Morgan fingerprint density at radius 1 is 1.06 bits per heavy atom. The van der Waals surface area contributed by atoms with Crippen LogP contribution in [0.1, 0.15) is 18.4 Å². The van der Waals surface area contributed by atoms with E-state index in [0.29, 0.717) is 19.7 Å². The number of amides is 1. The molecule has 0 aromatic heterocycles. The van der Waals surface area contributed by atoms with Crippen molar-refractivity contribution < 1.29 is 14.3 Å². The number of aliphatic imine (C=N–C) groups is 1. The summed E-state index contributed by atoms with van der Waals surface area (Å²) in [5, 5.41) is 3.52. The van der Waals surface area contributed by atoms with Crippen molar-refractivity contribution in [1.82, 2.24) is 15.1 Å². The highest BCUT2D eigenvalue weighted by Crippen LogP contribution is 2.21. The van der Waals surface area contributed by atoms with E-state index in [9.17, 15) is 4.79 Å². The van der Waals surface area contributed by atoms with Crippen LogP contribution in [0.2, 0.25) is 0 Å². The average molecular weight is 543 g/mol. The molecule has 0 radical (unpaired) electrons. The third-order valence-electron chi connectivity index (χ3n) is 6.09. The average Bonchev–Trinajstić information content (AvgIpc) is 3.35. The van der Waals surface area contributed by atoms with Gasteiger partial charge in [-0.15, -0.1) is 24.0 Å². The Labute approximate surface area is 202 Å². The van der Waals surface area contributed by atoms with Crippen molar-refractivity contribution in [2.45, 2.75) is 25.5 Å². The molecule has 1 amide bonds. The second-order valence-corrected chi connectivity index (χ2v) is 7.94. The number of ether oxygens (including phenoxy) is 2. The van der Waals surface area contributed by atoms with Gasteiger partial charge in [0, 0.05) is 65.2 Å². The number of hydrogen-bond donors (Lipinski definition) is 1. The maximum Gasteiger partial charge on any atom is 0.251 e. The maximum absolute atomic E-state index is 12.6. The summed E-state index contributed by atoms with van der Waals surface area (Å²) in [5.41, 5.74) is 2.52. The summed E-state index contributed by atoms with van der Waals surface area (Å²) in [6.45, 7) is 7.81. The molecule has 172 valence electrons. The summed E-state index contributed by atoms with van der Waals surface area (Å²) in [7, 11) is 1.82. The molecule has 0 spiro atoms. The molecule has 31 heavy (non-hydrogen) atoms. The van der Waals surface area contributed by atoms with Crippen molar-refractivity contribution in [3.8, 4) is 0 Å². The number of carbonyl (C=O) groups excluding carboxylic acids is 1. The lowest BCUT2D eigenvalue weighted by molar-refractivity contribution is -0.142. The minimum Gasteiger partial charge on any atom is -0.378 e. The third-order valence-corrected chi connectivity index (χ3v) is 6.09. The summed E-state index contributed by atoms with van der Waals surface area (Å²) in [5.74, 6) is 1.03. The number of carbonyl (C=O) groups is 1. The Hall–Kier alpha value is -1.59. The number of rotatable bonds is 4. The van der Waals surface area contributed by atoms with Crippen LogP contribution in [-0.4, -0.2) is 93.9 Å². The lowest BCUT2D eigenvalue weighted by atomic mass is 10.1. The topological polar surface area (TPSA) is 69.6 Å². The van der Waals surface area contributed by atoms with E-state index < -0.39 is 0 Å². The van der Waals surface area contributed by atoms with E-state index >= 15 is 0 Å². The van der Waals surface area contributed by atoms with Crippen LogP contribution in [0.15, 0.2) is 29.3 Å². The molecule has 1 atom stereocenters. The van der Waals surface area contributed by atoms with E-state index in [1.165, 1.54) is 11.3 Å². The van der Waals surface area contributed by atoms with Gasteiger partial charge in [0.1, 0.15) is 6.10 Å². The van der Waals surface area contributed by atoms with Gasteiger partial charge < -0.3 is 29.5 Å². The zero-order valence-electron chi connectivity index (χ0n) is 18.3. The molecule has 0 saturated carbocycles. The number of anilines is 1. The quantitative estimate of drug-likeness (QED) is 0.353. The summed E-state index contributed by atoms with van der Waals surface area (Å²) < 4.78 is 11.1. The van der Waals surface area contributed by atoms with Crippen LogP contribution in [0.5, 0.6) is 0 Å². The Morgan fingerprint density at radius 2 is 1.77 bits per heavy atom. The summed E-state index contributed by atoms with van der Waals surface area (Å²) >= 11 is 0. The van der Waals surface area contributed by atoms with Gasteiger partial charge in [0.15, 0.2) is 5.96 Å². The summed E-state index contributed by atoms with van der Waals surface area (Å²) in [4.78, 5) is 23.6. The van der Waals surface area contributed by atoms with Crippen LogP contribution in [0.25, 0.3) is 0 Å². The van der Waals surface area contributed by atoms with Gasteiger partial charge in [-0.1, -0.05) is 18.2 Å². The Bertz CT molecular complexity index is 742. The minimum absolute atomic E-state index is 0. The zero-order chi connectivity index (χ0) is 20.8. The molecular weight excluding hydrogens is 509 g/mol. The zero-order valence-corrected chi connectivity index (χ0v) is 20.6. The first kappa shape index (κ1) is 24.1. The number of para-hydroxylation sites is 1. The highest BCUT2D eigenvalue weighted by Gasteiger charge is 2.31. The minimum atomic E-state index is -0.231. The van der Waals surface area contributed by atoms with Crippen LogP contribution < -0.4 is 10.2 Å².